The Morgan fingerprint density at radius 1 is 0.970 bits per heavy atom. The lowest BCUT2D eigenvalue weighted by molar-refractivity contribution is -0.154. The molecule has 0 fully saturated rings. The zero-order valence-electron chi connectivity index (χ0n) is 19.4. The van der Waals surface area contributed by atoms with Gasteiger partial charge in [-0.2, -0.15) is 0 Å². The summed E-state index contributed by atoms with van der Waals surface area (Å²) in [5.74, 6) is -3.91. The molecule has 0 aromatic rings. The summed E-state index contributed by atoms with van der Waals surface area (Å²) in [5, 5.41) is 19.8. The number of rotatable bonds is 19. The second kappa shape index (κ2) is 16.1. The van der Waals surface area contributed by atoms with Gasteiger partial charge in [0.15, 0.2) is 11.9 Å². The lowest BCUT2D eigenvalue weighted by Crippen LogP contribution is -2.33. The van der Waals surface area contributed by atoms with Crippen molar-refractivity contribution < 1.29 is 48.2 Å². The summed E-state index contributed by atoms with van der Waals surface area (Å²) in [6.45, 7) is 1.67. The van der Waals surface area contributed by atoms with Crippen molar-refractivity contribution in [2.75, 3.05) is 6.61 Å². The molecule has 192 valence electrons. The summed E-state index contributed by atoms with van der Waals surface area (Å²) in [7, 11) is -5.10. The summed E-state index contributed by atoms with van der Waals surface area (Å²) in [4.78, 5) is 40.8. The van der Waals surface area contributed by atoms with E-state index in [1.807, 2.05) is 0 Å². The van der Waals surface area contributed by atoms with Gasteiger partial charge in [0.25, 0.3) is 5.76 Å². The van der Waals surface area contributed by atoms with Gasteiger partial charge in [-0.3, -0.25) is 14.6 Å². The second-order valence-corrected chi connectivity index (χ2v) is 9.53. The van der Waals surface area contributed by atoms with Crippen molar-refractivity contribution in [2.45, 2.75) is 109 Å². The van der Waals surface area contributed by atoms with Gasteiger partial charge in [-0.15, -0.1) is 0 Å². The fraction of sp³-hybridized carbons (Fsp3) is 0.818. The highest BCUT2D eigenvalue weighted by Crippen LogP contribution is 2.42. The zero-order valence-corrected chi connectivity index (χ0v) is 20.3. The molecule has 4 N–H and O–H groups in total. The van der Waals surface area contributed by atoms with Crippen LogP contribution < -0.4 is 0 Å². The number of unbranched alkanes of at least 4 members (excludes halogenated alkanes) is 12. The first-order valence-corrected chi connectivity index (χ1v) is 13.4. The second-order valence-electron chi connectivity index (χ2n) is 8.37. The van der Waals surface area contributed by atoms with E-state index in [4.69, 9.17) is 14.5 Å². The maximum Gasteiger partial charge on any atom is 0.525 e. The molecule has 0 amide bonds. The Bertz CT molecular complexity index is 672. The minimum Gasteiger partial charge on any atom is -0.505 e. The molecule has 0 unspecified atom stereocenters. The van der Waals surface area contributed by atoms with E-state index in [1.165, 1.54) is 57.8 Å². The van der Waals surface area contributed by atoms with Crippen molar-refractivity contribution in [1.82, 2.24) is 0 Å². The highest BCUT2D eigenvalue weighted by atomic mass is 31.2. The van der Waals surface area contributed by atoms with E-state index in [9.17, 15) is 24.4 Å². The average molecular weight is 495 g/mol. The van der Waals surface area contributed by atoms with E-state index in [0.29, 0.717) is 6.42 Å². The Hall–Kier alpha value is -1.61. The number of hydrogen-bond acceptors (Lipinski definition) is 8. The molecular weight excluding hydrogens is 455 g/mol. The van der Waals surface area contributed by atoms with Crippen LogP contribution >= 0.6 is 7.82 Å². The molecule has 1 rings (SSSR count). The summed E-state index contributed by atoms with van der Waals surface area (Å²) in [6, 6.07) is 0. The Kier molecular flexibility index (Phi) is 14.3. The molecule has 0 spiro atoms. The third-order valence-electron chi connectivity index (χ3n) is 5.38. The fourth-order valence-electron chi connectivity index (χ4n) is 3.55. The van der Waals surface area contributed by atoms with Crippen LogP contribution in [0.2, 0.25) is 0 Å². The number of aliphatic hydroxyl groups excluding tert-OH is 2. The predicted octanol–water partition coefficient (Wildman–Crippen LogP) is 4.18. The molecular formula is C22H39O10P. The third-order valence-corrected chi connectivity index (χ3v) is 5.80. The fourth-order valence-corrected chi connectivity index (χ4v) is 3.95. The Morgan fingerprint density at radius 2 is 1.45 bits per heavy atom. The summed E-state index contributed by atoms with van der Waals surface area (Å²) < 4.78 is 24.5. The monoisotopic (exact) mass is 494 g/mol. The van der Waals surface area contributed by atoms with Crippen molar-refractivity contribution in [3.63, 3.8) is 0 Å². The first-order chi connectivity index (χ1) is 15.7. The zero-order chi connectivity index (χ0) is 24.7. The van der Waals surface area contributed by atoms with Crippen LogP contribution in [0.1, 0.15) is 96.8 Å². The Morgan fingerprint density at radius 3 is 1.94 bits per heavy atom. The number of carbonyl (C=O) groups excluding carboxylic acids is 2. The topological polar surface area (TPSA) is 160 Å². The van der Waals surface area contributed by atoms with Gasteiger partial charge in [-0.1, -0.05) is 84.0 Å². The molecule has 0 aliphatic carbocycles. The van der Waals surface area contributed by atoms with Crippen LogP contribution in [0.25, 0.3) is 0 Å². The van der Waals surface area contributed by atoms with Crippen molar-refractivity contribution in [1.29, 1.82) is 0 Å². The van der Waals surface area contributed by atoms with Crippen LogP contribution in [-0.2, 0) is 28.2 Å². The quantitative estimate of drug-likeness (QED) is 0.116. The smallest absolute Gasteiger partial charge is 0.505 e. The molecule has 11 heteroatoms. The van der Waals surface area contributed by atoms with Crippen LogP contribution in [0.5, 0.6) is 0 Å². The molecule has 0 saturated heterocycles. The van der Waals surface area contributed by atoms with Crippen molar-refractivity contribution in [2.24, 2.45) is 0 Å². The third kappa shape index (κ3) is 13.0. The number of carbonyl (C=O) groups is 2. The van der Waals surface area contributed by atoms with E-state index >= 15 is 0 Å². The number of aliphatic hydroxyl groups is 2. The van der Waals surface area contributed by atoms with E-state index in [0.717, 1.165) is 19.3 Å². The maximum atomic E-state index is 11.8. The van der Waals surface area contributed by atoms with Crippen molar-refractivity contribution in [3.05, 3.63) is 11.5 Å². The van der Waals surface area contributed by atoms with Gasteiger partial charge in [0.05, 0.1) is 0 Å². The molecule has 0 saturated carbocycles. The number of cyclic esters (lactones) is 1. The number of ether oxygens (including phenoxy) is 2. The molecule has 0 aromatic heterocycles. The molecule has 2 atom stereocenters. The molecule has 0 bridgehead atoms. The highest BCUT2D eigenvalue weighted by Gasteiger charge is 2.43. The molecule has 1 aliphatic heterocycles. The van der Waals surface area contributed by atoms with E-state index in [2.05, 4.69) is 16.2 Å². The normalized spacial score (nSPS) is 17.2. The largest absolute Gasteiger partial charge is 0.525 e. The highest BCUT2D eigenvalue weighted by molar-refractivity contribution is 7.46. The van der Waals surface area contributed by atoms with Crippen molar-refractivity contribution >= 4 is 19.8 Å². The van der Waals surface area contributed by atoms with E-state index in [-0.39, 0.29) is 6.42 Å². The number of phosphoric acid groups is 1. The van der Waals surface area contributed by atoms with Gasteiger partial charge < -0.3 is 24.2 Å². The first kappa shape index (κ1) is 29.4. The predicted molar refractivity (Wildman–Crippen MR) is 120 cm³/mol. The summed E-state index contributed by atoms with van der Waals surface area (Å²) in [6.07, 6.45) is 12.4. The number of esters is 2. The average Bonchev–Trinajstić information content (AvgIpc) is 3.02. The van der Waals surface area contributed by atoms with Gasteiger partial charge in [0.2, 0.25) is 0 Å². The lowest BCUT2D eigenvalue weighted by atomic mass is 10.0. The molecule has 1 aliphatic rings. The Balaban J connectivity index is 2.09. The van der Waals surface area contributed by atoms with Gasteiger partial charge in [0.1, 0.15) is 12.7 Å². The van der Waals surface area contributed by atoms with Crippen LogP contribution in [-0.4, -0.2) is 50.8 Å². The van der Waals surface area contributed by atoms with Crippen LogP contribution in [0, 0.1) is 0 Å². The van der Waals surface area contributed by atoms with Gasteiger partial charge in [-0.05, 0) is 6.42 Å². The van der Waals surface area contributed by atoms with Crippen LogP contribution in [0.3, 0.4) is 0 Å². The molecule has 0 radical (unpaired) electrons. The van der Waals surface area contributed by atoms with Crippen LogP contribution in [0.15, 0.2) is 11.5 Å². The van der Waals surface area contributed by atoms with Gasteiger partial charge in [0, 0.05) is 6.42 Å². The number of hydrogen-bond donors (Lipinski definition) is 4. The minimum absolute atomic E-state index is 0.184. The summed E-state index contributed by atoms with van der Waals surface area (Å²) >= 11 is 0. The minimum atomic E-state index is -5.10. The van der Waals surface area contributed by atoms with Gasteiger partial charge in [-0.25, -0.2) is 9.36 Å². The molecule has 33 heavy (non-hydrogen) atoms. The SMILES string of the molecule is CCCCCCCCCCCCCCCC(=O)OC[C@H](O)[C@H]1OC(=O)C(OP(=O)(O)O)=C1O. The van der Waals surface area contributed by atoms with Crippen LogP contribution in [0.4, 0.5) is 0 Å². The van der Waals surface area contributed by atoms with Gasteiger partial charge >= 0.3 is 19.8 Å². The first-order valence-electron chi connectivity index (χ1n) is 11.9. The van der Waals surface area contributed by atoms with E-state index in [1.54, 1.807) is 0 Å². The standard InChI is InChI=1S/C22H39O10P/c1-2-3-4-5-6-7-8-9-10-11-12-13-14-15-18(24)30-16-17(23)20-19(25)21(22(26)31-20)32-33(27,28)29/h17,20,23,25H,2-16H2,1H3,(H2,27,28,29)/t17-,20+/m0/s1. The summed E-state index contributed by atoms with van der Waals surface area (Å²) in [5.41, 5.74) is 0. The lowest BCUT2D eigenvalue weighted by Gasteiger charge is -2.17. The van der Waals surface area contributed by atoms with Crippen molar-refractivity contribution in [3.8, 4) is 0 Å². The molecule has 10 nitrogen and oxygen atoms in total. The Labute approximate surface area is 195 Å². The van der Waals surface area contributed by atoms with E-state index < -0.39 is 50.1 Å². The maximum absolute atomic E-state index is 11.8. The molecule has 0 aromatic carbocycles. The molecule has 1 heterocycles. The number of phosphoric ester groups is 1.